The van der Waals surface area contributed by atoms with Crippen LogP contribution in [0.5, 0.6) is 5.75 Å². The minimum atomic E-state index is -0.388. The van der Waals surface area contributed by atoms with E-state index >= 15 is 0 Å². The van der Waals surface area contributed by atoms with Gasteiger partial charge in [-0.1, -0.05) is 104 Å². The van der Waals surface area contributed by atoms with Gasteiger partial charge in [0.25, 0.3) is 0 Å². The van der Waals surface area contributed by atoms with Crippen LogP contribution < -0.4 is 4.74 Å². The fourth-order valence-corrected chi connectivity index (χ4v) is 1.66. The molecule has 3 rings (SSSR count). The van der Waals surface area contributed by atoms with Crippen LogP contribution in [0.3, 0.4) is 0 Å². The summed E-state index contributed by atoms with van der Waals surface area (Å²) in [5, 5.41) is 0. The molecule has 0 unspecified atom stereocenters. The minimum absolute atomic E-state index is 0.388. The normalized spacial score (nSPS) is 8.65. The van der Waals surface area contributed by atoms with Crippen LogP contribution in [0.4, 0.5) is 0 Å². The highest BCUT2D eigenvalue weighted by Gasteiger charge is 2.03. The molecule has 0 aliphatic carbocycles. The second kappa shape index (κ2) is 13.0. The van der Waals surface area contributed by atoms with Crippen molar-refractivity contribution in [2.45, 2.75) is 6.92 Å². The Bertz CT molecular complexity index is 736. The van der Waals surface area contributed by atoms with Gasteiger partial charge in [0.1, 0.15) is 5.75 Å². The average Bonchev–Trinajstić information content (AvgIpc) is 2.71. The molecule has 3 aromatic carbocycles. The first kappa shape index (κ1) is 20.7. The number of esters is 1. The van der Waals surface area contributed by atoms with E-state index in [9.17, 15) is 4.79 Å². The van der Waals surface area contributed by atoms with Crippen molar-refractivity contribution in [1.82, 2.24) is 0 Å². The van der Waals surface area contributed by atoms with Gasteiger partial charge in [-0.05, 0) is 24.6 Å². The Labute approximate surface area is 156 Å². The number of ether oxygens (including phenoxy) is 1. The maximum Gasteiger partial charge on any atom is 0.338 e. The summed E-state index contributed by atoms with van der Waals surface area (Å²) in [6, 6.07) is 30.9. The zero-order chi connectivity index (χ0) is 19.0. The van der Waals surface area contributed by atoms with Gasteiger partial charge in [-0.2, -0.15) is 0 Å². The first-order chi connectivity index (χ1) is 12.6. The highest BCUT2D eigenvalue weighted by molar-refractivity contribution is 5.88. The second-order valence-electron chi connectivity index (χ2n) is 5.25. The van der Waals surface area contributed by atoms with Crippen LogP contribution in [-0.2, 0) is 4.79 Å². The van der Waals surface area contributed by atoms with Crippen molar-refractivity contribution < 1.29 is 9.53 Å². The molecule has 2 heteroatoms. The van der Waals surface area contributed by atoms with Crippen molar-refractivity contribution in [3.8, 4) is 5.75 Å². The van der Waals surface area contributed by atoms with E-state index in [1.807, 2.05) is 78.9 Å². The highest BCUT2D eigenvalue weighted by Crippen LogP contribution is 2.09. The smallest absolute Gasteiger partial charge is 0.338 e. The molecule has 0 bridgehead atoms. The summed E-state index contributed by atoms with van der Waals surface area (Å²) in [5.74, 6) is 0.159. The molecule has 0 heterocycles. The van der Waals surface area contributed by atoms with Crippen molar-refractivity contribution in [2.75, 3.05) is 0 Å². The lowest BCUT2D eigenvalue weighted by molar-refractivity contribution is -0.130. The molecule has 26 heavy (non-hydrogen) atoms. The van der Waals surface area contributed by atoms with E-state index in [0.29, 0.717) is 11.3 Å². The maximum atomic E-state index is 11.0. The van der Waals surface area contributed by atoms with Crippen molar-refractivity contribution in [1.29, 1.82) is 0 Å². The van der Waals surface area contributed by atoms with Gasteiger partial charge >= 0.3 is 5.97 Å². The number of para-hydroxylation sites is 1. The molecular formula is C24H24O2. The largest absolute Gasteiger partial charge is 0.423 e. The van der Waals surface area contributed by atoms with Crippen LogP contribution in [0.1, 0.15) is 12.5 Å². The Kier molecular flexibility index (Phi) is 10.3. The van der Waals surface area contributed by atoms with E-state index in [4.69, 9.17) is 4.74 Å². The molecule has 0 N–H and O–H groups in total. The molecule has 3 aromatic rings. The molecule has 0 saturated carbocycles. The van der Waals surface area contributed by atoms with E-state index in [1.165, 1.54) is 5.56 Å². The monoisotopic (exact) mass is 344 g/mol. The van der Waals surface area contributed by atoms with E-state index in [1.54, 1.807) is 31.2 Å². The highest BCUT2D eigenvalue weighted by atomic mass is 16.5. The summed E-state index contributed by atoms with van der Waals surface area (Å²) < 4.78 is 4.94. The lowest BCUT2D eigenvalue weighted by Crippen LogP contribution is -2.07. The van der Waals surface area contributed by atoms with E-state index < -0.39 is 0 Å². The van der Waals surface area contributed by atoms with E-state index in [-0.39, 0.29) is 5.97 Å². The summed E-state index contributed by atoms with van der Waals surface area (Å²) in [4.78, 5) is 11.0. The zero-order valence-electron chi connectivity index (χ0n) is 15.0. The number of rotatable bonds is 3. The quantitative estimate of drug-likeness (QED) is 0.322. The van der Waals surface area contributed by atoms with Gasteiger partial charge in [0.15, 0.2) is 0 Å². The molecule has 0 aliphatic heterocycles. The number of benzene rings is 3. The van der Waals surface area contributed by atoms with Gasteiger partial charge in [0.2, 0.25) is 0 Å². The fraction of sp³-hybridized carbons (Fsp3) is 0.0417. The van der Waals surface area contributed by atoms with Gasteiger partial charge in [-0.3, -0.25) is 0 Å². The third-order valence-corrected chi connectivity index (χ3v) is 3.00. The first-order valence-electron chi connectivity index (χ1n) is 8.23. The molecule has 0 aromatic heterocycles. The van der Waals surface area contributed by atoms with Crippen LogP contribution in [0.2, 0.25) is 0 Å². The Morgan fingerprint density at radius 2 is 1.15 bits per heavy atom. The summed E-state index contributed by atoms with van der Waals surface area (Å²) in [5.41, 5.74) is 1.58. The molecule has 132 valence electrons. The summed E-state index contributed by atoms with van der Waals surface area (Å²) in [7, 11) is 0. The molecule has 0 spiro atoms. The molecular weight excluding hydrogens is 320 g/mol. The average molecular weight is 344 g/mol. The van der Waals surface area contributed by atoms with Crippen molar-refractivity contribution in [3.05, 3.63) is 121 Å². The Morgan fingerprint density at radius 1 is 0.769 bits per heavy atom. The summed E-state index contributed by atoms with van der Waals surface area (Å²) >= 11 is 0. The van der Waals surface area contributed by atoms with Gasteiger partial charge in [0.05, 0.1) is 0 Å². The molecule has 2 nitrogen and oxygen atoms in total. The second-order valence-corrected chi connectivity index (χ2v) is 5.25. The van der Waals surface area contributed by atoms with Crippen LogP contribution in [0, 0.1) is 0 Å². The zero-order valence-corrected chi connectivity index (χ0v) is 15.0. The van der Waals surface area contributed by atoms with Crippen LogP contribution in [0.25, 0.3) is 6.08 Å². The molecule has 0 saturated heterocycles. The number of carbonyl (C=O) groups excluding carboxylic acids is 1. The Morgan fingerprint density at radius 3 is 1.50 bits per heavy atom. The van der Waals surface area contributed by atoms with E-state index in [0.717, 1.165) is 0 Å². The van der Waals surface area contributed by atoms with Crippen LogP contribution in [-0.4, -0.2) is 5.97 Å². The fourth-order valence-electron chi connectivity index (χ4n) is 1.66. The lowest BCUT2D eigenvalue weighted by atomic mass is 10.2. The van der Waals surface area contributed by atoms with Gasteiger partial charge in [0, 0.05) is 5.57 Å². The Balaban J connectivity index is 0.000000208. The third-order valence-electron chi connectivity index (χ3n) is 3.00. The first-order valence-corrected chi connectivity index (χ1v) is 8.23. The van der Waals surface area contributed by atoms with Crippen molar-refractivity contribution >= 4 is 12.0 Å². The number of hydrogen-bond donors (Lipinski definition) is 0. The minimum Gasteiger partial charge on any atom is -0.423 e. The van der Waals surface area contributed by atoms with Crippen molar-refractivity contribution in [2.24, 2.45) is 0 Å². The van der Waals surface area contributed by atoms with Gasteiger partial charge in [-0.25, -0.2) is 4.79 Å². The predicted molar refractivity (Wildman–Crippen MR) is 110 cm³/mol. The van der Waals surface area contributed by atoms with Crippen LogP contribution in [0.15, 0.2) is 116 Å². The Hall–Kier alpha value is -3.39. The molecule has 0 amide bonds. The third kappa shape index (κ3) is 9.68. The van der Waals surface area contributed by atoms with Crippen LogP contribution >= 0.6 is 0 Å². The topological polar surface area (TPSA) is 26.3 Å². The number of hydrogen-bond acceptors (Lipinski definition) is 2. The van der Waals surface area contributed by atoms with E-state index in [2.05, 4.69) is 13.2 Å². The van der Waals surface area contributed by atoms with Crippen molar-refractivity contribution in [3.63, 3.8) is 0 Å². The maximum absolute atomic E-state index is 11.0. The molecule has 0 atom stereocenters. The summed E-state index contributed by atoms with van der Waals surface area (Å²) in [6.45, 7) is 8.72. The SMILES string of the molecule is C=C(C)C(=O)Oc1ccccc1.C=Cc1ccccc1.c1ccccc1. The summed E-state index contributed by atoms with van der Waals surface area (Å²) in [6.07, 6.45) is 1.83. The molecule has 0 radical (unpaired) electrons. The number of carbonyl (C=O) groups is 1. The molecule has 0 aliphatic rings. The van der Waals surface area contributed by atoms with Gasteiger partial charge in [-0.15, -0.1) is 0 Å². The standard InChI is InChI=1S/C10H10O2.C8H8.C6H6/c1-8(2)10(11)12-9-6-4-3-5-7-9;1-2-8-6-4-3-5-7-8;1-2-4-6-5-3-1/h3-7H,1H2,2H3;2-7H,1H2;1-6H. The molecule has 0 fully saturated rings. The predicted octanol–water partition coefficient (Wildman–Crippen LogP) is 6.18. The lowest BCUT2D eigenvalue weighted by Gasteiger charge is -2.01. The van der Waals surface area contributed by atoms with Gasteiger partial charge < -0.3 is 4.74 Å².